The molecular weight excluding hydrogens is 845 g/mol. The molecule has 0 N–H and O–H groups in total. The van der Waals surface area contributed by atoms with E-state index in [0.29, 0.717) is 45.5 Å². The third-order valence-corrected chi connectivity index (χ3v) is 12.3. The Morgan fingerprint density at radius 3 is 1.25 bits per heavy atom. The van der Waals surface area contributed by atoms with Gasteiger partial charge in [0, 0.05) is 38.6 Å². The first-order valence-corrected chi connectivity index (χ1v) is 22.1. The Morgan fingerprint density at radius 2 is 0.754 bits per heavy atom. The molecule has 0 bridgehead atoms. The molecule has 0 amide bonds. The van der Waals surface area contributed by atoms with E-state index in [2.05, 4.69) is 74.9 Å². The predicted octanol–water partition coefficient (Wildman–Crippen LogP) is 15.5. The Bertz CT molecular complexity index is 3760. The van der Waals surface area contributed by atoms with E-state index in [-0.39, 0.29) is 0 Å². The van der Waals surface area contributed by atoms with Gasteiger partial charge in [-0.1, -0.05) is 133 Å². The van der Waals surface area contributed by atoms with Crippen molar-refractivity contribution in [3.05, 3.63) is 240 Å². The number of hydrogen-bond donors (Lipinski definition) is 0. The maximum absolute atomic E-state index is 10.3. The monoisotopic (exact) mass is 878 g/mol. The van der Waals surface area contributed by atoms with Gasteiger partial charge in [-0.25, -0.2) is 24.6 Å². The van der Waals surface area contributed by atoms with Gasteiger partial charge in [-0.15, -0.1) is 0 Å². The fraction of sp³-hybridized carbons (Fsp3) is 0. The second-order valence-corrected chi connectivity index (χ2v) is 16.5. The molecule has 0 saturated heterocycles. The second-order valence-electron chi connectivity index (χ2n) is 16.5. The third-order valence-electron chi connectivity index (χ3n) is 12.3. The highest BCUT2D eigenvalue weighted by Gasteiger charge is 2.24. The maximum atomic E-state index is 10.3. The van der Waals surface area contributed by atoms with E-state index in [4.69, 9.17) is 28.1 Å². The summed E-state index contributed by atoms with van der Waals surface area (Å²) in [6, 6.07) is 71.8. The zero-order chi connectivity index (χ0) is 46.8. The van der Waals surface area contributed by atoms with E-state index in [9.17, 15) is 10.5 Å². The number of hydrogen-bond acceptors (Lipinski definition) is 5. The largest absolute Gasteiger partial charge is 0.308 e. The van der Waals surface area contributed by atoms with Crippen molar-refractivity contribution in [3.63, 3.8) is 0 Å². The molecule has 0 aliphatic rings. The lowest BCUT2D eigenvalue weighted by atomic mass is 9.91. The summed E-state index contributed by atoms with van der Waals surface area (Å²) < 4.78 is 2.27. The average Bonchev–Trinajstić information content (AvgIpc) is 3.75. The minimum absolute atomic E-state index is 0.451. The number of aromatic nitrogens is 4. The molecule has 8 heteroatoms. The van der Waals surface area contributed by atoms with Crippen LogP contribution in [-0.2, 0) is 0 Å². The lowest BCUT2D eigenvalue weighted by Gasteiger charge is -2.21. The summed E-state index contributed by atoms with van der Waals surface area (Å²) in [5.74, 6) is 1.49. The van der Waals surface area contributed by atoms with Crippen molar-refractivity contribution in [2.75, 3.05) is 0 Å². The van der Waals surface area contributed by atoms with E-state index >= 15 is 0 Å². The van der Waals surface area contributed by atoms with Crippen LogP contribution in [-0.4, -0.2) is 19.5 Å². The molecular formula is C61H34N8. The van der Waals surface area contributed by atoms with Crippen molar-refractivity contribution in [1.82, 2.24) is 19.5 Å². The van der Waals surface area contributed by atoms with E-state index in [0.717, 1.165) is 83.1 Å². The number of fused-ring (bicyclic) bond motifs is 3. The van der Waals surface area contributed by atoms with Gasteiger partial charge >= 0.3 is 0 Å². The molecule has 0 aliphatic carbocycles. The van der Waals surface area contributed by atoms with Crippen molar-refractivity contribution in [2.24, 2.45) is 0 Å². The molecule has 0 unspecified atom stereocenters. The van der Waals surface area contributed by atoms with Crippen LogP contribution < -0.4 is 0 Å². The van der Waals surface area contributed by atoms with Crippen LogP contribution in [0.15, 0.2) is 206 Å². The number of benzene rings is 9. The SMILES string of the molecule is [C-]#[N+]c1cccc(-c2ccc3c(c2)c2cc(-c4cccc(C#N)c4)ccc2n3-c2c(-c3cccc(C#N)c3)cc(-c3nc(-c4ccccc4)nc(-c4ccccc4)n3)cc2-c2cccc([N+]#[C-])c2)c1. The highest BCUT2D eigenvalue weighted by molar-refractivity contribution is 6.13. The first-order chi connectivity index (χ1) is 34.0. The molecule has 0 aliphatic heterocycles. The minimum Gasteiger partial charge on any atom is -0.308 e. The molecule has 2 aromatic heterocycles. The molecule has 11 rings (SSSR count). The number of rotatable bonds is 8. The zero-order valence-corrected chi connectivity index (χ0v) is 36.7. The summed E-state index contributed by atoms with van der Waals surface area (Å²) in [5.41, 5.74) is 14.0. The number of nitrogens with zero attached hydrogens (tertiary/aromatic N) is 8. The average molecular weight is 879 g/mol. The highest BCUT2D eigenvalue weighted by Crippen LogP contribution is 2.46. The Labute approximate surface area is 398 Å². The molecule has 9 aromatic carbocycles. The van der Waals surface area contributed by atoms with E-state index in [1.54, 1.807) is 18.2 Å². The normalized spacial score (nSPS) is 10.8. The smallest absolute Gasteiger partial charge is 0.187 e. The van der Waals surface area contributed by atoms with Gasteiger partial charge in [0.1, 0.15) is 0 Å². The third kappa shape index (κ3) is 7.79. The first kappa shape index (κ1) is 41.5. The quantitative estimate of drug-likeness (QED) is 0.142. The van der Waals surface area contributed by atoms with Crippen LogP contribution in [0.4, 0.5) is 11.4 Å². The lowest BCUT2D eigenvalue weighted by Crippen LogP contribution is -2.04. The van der Waals surface area contributed by atoms with Crippen molar-refractivity contribution in [3.8, 4) is 96.5 Å². The van der Waals surface area contributed by atoms with Crippen LogP contribution in [0.25, 0.3) is 116 Å². The van der Waals surface area contributed by atoms with E-state index in [1.807, 2.05) is 140 Å². The minimum atomic E-state index is 0.451. The second kappa shape index (κ2) is 17.6. The van der Waals surface area contributed by atoms with Gasteiger partial charge in [-0.3, -0.25) is 0 Å². The van der Waals surface area contributed by atoms with Gasteiger partial charge in [0.15, 0.2) is 28.8 Å². The van der Waals surface area contributed by atoms with Crippen LogP contribution in [0.5, 0.6) is 0 Å². The molecule has 318 valence electrons. The van der Waals surface area contributed by atoms with Crippen molar-refractivity contribution in [2.45, 2.75) is 0 Å². The van der Waals surface area contributed by atoms with Crippen molar-refractivity contribution >= 4 is 33.2 Å². The van der Waals surface area contributed by atoms with Gasteiger partial charge in [-0.05, 0) is 106 Å². The predicted molar refractivity (Wildman–Crippen MR) is 274 cm³/mol. The van der Waals surface area contributed by atoms with Crippen LogP contribution in [0.3, 0.4) is 0 Å². The topological polar surface area (TPSA) is 99.9 Å². The van der Waals surface area contributed by atoms with Crippen molar-refractivity contribution in [1.29, 1.82) is 10.5 Å². The number of nitriles is 2. The van der Waals surface area contributed by atoms with Crippen LogP contribution in [0.1, 0.15) is 11.1 Å². The van der Waals surface area contributed by atoms with Gasteiger partial charge in [0.05, 0.1) is 53.1 Å². The van der Waals surface area contributed by atoms with Crippen LogP contribution >= 0.6 is 0 Å². The molecule has 11 aromatic rings. The van der Waals surface area contributed by atoms with E-state index < -0.39 is 0 Å². The zero-order valence-electron chi connectivity index (χ0n) is 36.7. The fourth-order valence-electron chi connectivity index (χ4n) is 9.03. The molecule has 69 heavy (non-hydrogen) atoms. The molecule has 0 radical (unpaired) electrons. The molecule has 0 atom stereocenters. The summed E-state index contributed by atoms with van der Waals surface area (Å²) in [5, 5.41) is 22.1. The fourth-order valence-corrected chi connectivity index (χ4v) is 9.03. The van der Waals surface area contributed by atoms with Crippen molar-refractivity contribution < 1.29 is 0 Å². The standard InChI is InChI=1S/C61H34N8/c1-64-50-23-11-20-44(31-50)46-26-28-57-55(34-46)54-33-45(43-19-9-13-39(29-43)37-62)25-27-56(54)69(57)58-52(47-21-10-14-40(30-47)38-63)35-49(36-53(58)48-22-12-24-51(32-48)65-2)61-67-59(41-15-5-3-6-16-41)66-60(68-61)42-17-7-4-8-18-42/h3-36H. The summed E-state index contributed by atoms with van der Waals surface area (Å²) >= 11 is 0. The molecule has 2 heterocycles. The Balaban J connectivity index is 1.27. The maximum Gasteiger partial charge on any atom is 0.187 e. The Hall–Kier alpha value is -10.3. The first-order valence-electron chi connectivity index (χ1n) is 22.1. The highest BCUT2D eigenvalue weighted by atomic mass is 15.0. The summed E-state index contributed by atoms with van der Waals surface area (Å²) in [6.45, 7) is 15.8. The summed E-state index contributed by atoms with van der Waals surface area (Å²) in [7, 11) is 0. The van der Waals surface area contributed by atoms with Crippen LogP contribution in [0, 0.1) is 35.8 Å². The Kier molecular flexibility index (Phi) is 10.6. The summed E-state index contributed by atoms with van der Waals surface area (Å²) in [4.78, 5) is 22.9. The Morgan fingerprint density at radius 1 is 0.362 bits per heavy atom. The summed E-state index contributed by atoms with van der Waals surface area (Å²) in [6.07, 6.45) is 0. The van der Waals surface area contributed by atoms with Gasteiger partial charge < -0.3 is 4.57 Å². The molecule has 0 fully saturated rings. The molecule has 8 nitrogen and oxygen atoms in total. The molecule has 0 saturated carbocycles. The van der Waals surface area contributed by atoms with Gasteiger partial charge in [-0.2, -0.15) is 10.5 Å². The lowest BCUT2D eigenvalue weighted by molar-refractivity contribution is 1.07. The van der Waals surface area contributed by atoms with Crippen LogP contribution in [0.2, 0.25) is 0 Å². The van der Waals surface area contributed by atoms with Gasteiger partial charge in [0.2, 0.25) is 0 Å². The molecule has 0 spiro atoms. The van der Waals surface area contributed by atoms with E-state index in [1.165, 1.54) is 0 Å². The van der Waals surface area contributed by atoms with Gasteiger partial charge in [0.25, 0.3) is 0 Å².